The van der Waals surface area contributed by atoms with Gasteiger partial charge >= 0.3 is 6.09 Å². The van der Waals surface area contributed by atoms with Crippen molar-refractivity contribution in [1.82, 2.24) is 5.32 Å². The lowest BCUT2D eigenvalue weighted by Gasteiger charge is -2.11. The molecule has 1 amide bonds. The Morgan fingerprint density at radius 2 is 1.50 bits per heavy atom. The number of hydrogen-bond donors (Lipinski definition) is 0. The molecule has 0 saturated heterocycles. The molecule has 0 atom stereocenters. The zero-order valence-corrected chi connectivity index (χ0v) is 9.96. The highest BCUT2D eigenvalue weighted by atomic mass is 16.5. The van der Waals surface area contributed by atoms with Crippen LogP contribution in [0, 0.1) is 0 Å². The van der Waals surface area contributed by atoms with Gasteiger partial charge < -0.3 is 4.74 Å². The molecule has 3 heteroatoms. The Bertz CT molecular complexity index is 561. The number of methoxy groups -OCH3 is 1. The maximum Gasteiger partial charge on any atom is 0.429 e. The molecule has 2 aromatic carbocycles. The number of fused-ring (bicyclic) bond motifs is 3. The van der Waals surface area contributed by atoms with E-state index >= 15 is 0 Å². The highest BCUT2D eigenvalue weighted by Gasteiger charge is 2.30. The van der Waals surface area contributed by atoms with E-state index in [1.54, 1.807) is 0 Å². The molecule has 2 aromatic rings. The van der Waals surface area contributed by atoms with Crippen LogP contribution in [0.4, 0.5) is 4.79 Å². The fourth-order valence-electron chi connectivity index (χ4n) is 2.43. The zero-order valence-electron chi connectivity index (χ0n) is 9.96. The van der Waals surface area contributed by atoms with Gasteiger partial charge in [-0.05, 0) is 22.3 Å². The predicted octanol–water partition coefficient (Wildman–Crippen LogP) is 3.13. The van der Waals surface area contributed by atoms with Gasteiger partial charge in [0.2, 0.25) is 0 Å². The molecule has 0 N–H and O–H groups in total. The summed E-state index contributed by atoms with van der Waals surface area (Å²) >= 11 is 0. The molecular formula is C15H12NO2. The van der Waals surface area contributed by atoms with Crippen molar-refractivity contribution in [3.8, 4) is 11.1 Å². The SMILES string of the molecule is COC(=O)[N]C1c2ccccc2-c2ccccc21. The molecule has 1 aliphatic carbocycles. The first-order chi connectivity index (χ1) is 8.81. The van der Waals surface area contributed by atoms with Crippen LogP contribution < -0.4 is 5.32 Å². The zero-order chi connectivity index (χ0) is 12.5. The standard InChI is InChI=1S/C15H12NO2/c1-18-15(17)16-14-12-8-4-2-6-10(12)11-7-3-5-9-13(11)14/h2-9,14H,1H3. The molecule has 0 aromatic heterocycles. The summed E-state index contributed by atoms with van der Waals surface area (Å²) in [5, 5.41) is 4.12. The third-order valence-corrected chi connectivity index (χ3v) is 3.21. The van der Waals surface area contributed by atoms with E-state index < -0.39 is 6.09 Å². The average molecular weight is 238 g/mol. The lowest BCUT2D eigenvalue weighted by molar-refractivity contribution is 0.167. The highest BCUT2D eigenvalue weighted by Crippen LogP contribution is 2.43. The van der Waals surface area contributed by atoms with Gasteiger partial charge in [0.1, 0.15) is 6.04 Å². The Morgan fingerprint density at radius 1 is 1.00 bits per heavy atom. The van der Waals surface area contributed by atoms with Gasteiger partial charge in [0, 0.05) is 0 Å². The van der Waals surface area contributed by atoms with Gasteiger partial charge in [-0.15, -0.1) is 0 Å². The molecule has 3 nitrogen and oxygen atoms in total. The minimum Gasteiger partial charge on any atom is -0.451 e. The molecule has 0 unspecified atom stereocenters. The summed E-state index contributed by atoms with van der Waals surface area (Å²) in [5.74, 6) is 0. The fourth-order valence-corrected chi connectivity index (χ4v) is 2.43. The van der Waals surface area contributed by atoms with Crippen LogP contribution in [-0.4, -0.2) is 13.2 Å². The normalized spacial score (nSPS) is 12.7. The van der Waals surface area contributed by atoms with Crippen LogP contribution in [0.1, 0.15) is 17.2 Å². The Balaban J connectivity index is 2.12. The lowest BCUT2D eigenvalue weighted by Crippen LogP contribution is -2.20. The molecule has 0 heterocycles. The Kier molecular flexibility index (Phi) is 2.52. The number of nitrogens with zero attached hydrogens (tertiary/aromatic N) is 1. The van der Waals surface area contributed by atoms with Crippen molar-refractivity contribution >= 4 is 6.09 Å². The molecule has 0 bridgehead atoms. The van der Waals surface area contributed by atoms with E-state index in [0.29, 0.717) is 0 Å². The van der Waals surface area contributed by atoms with Crippen LogP contribution in [0.25, 0.3) is 11.1 Å². The predicted molar refractivity (Wildman–Crippen MR) is 68.3 cm³/mol. The van der Waals surface area contributed by atoms with E-state index in [1.807, 2.05) is 36.4 Å². The Labute approximate surface area is 105 Å². The van der Waals surface area contributed by atoms with E-state index in [-0.39, 0.29) is 6.04 Å². The first kappa shape index (κ1) is 10.8. The molecular weight excluding hydrogens is 226 g/mol. The number of carbonyl (C=O) groups is 1. The van der Waals surface area contributed by atoms with Crippen LogP contribution in [0.2, 0.25) is 0 Å². The Morgan fingerprint density at radius 3 is 2.00 bits per heavy atom. The number of ether oxygens (including phenoxy) is 1. The maximum absolute atomic E-state index is 11.4. The molecule has 0 aliphatic heterocycles. The van der Waals surface area contributed by atoms with Crippen molar-refractivity contribution < 1.29 is 9.53 Å². The van der Waals surface area contributed by atoms with E-state index in [9.17, 15) is 4.79 Å². The van der Waals surface area contributed by atoms with Gasteiger partial charge in [0.15, 0.2) is 0 Å². The summed E-state index contributed by atoms with van der Waals surface area (Å²) in [6.45, 7) is 0. The largest absolute Gasteiger partial charge is 0.451 e. The van der Waals surface area contributed by atoms with Crippen LogP contribution in [0.3, 0.4) is 0 Å². The van der Waals surface area contributed by atoms with Gasteiger partial charge in [-0.2, -0.15) is 0 Å². The third kappa shape index (κ3) is 1.56. The quantitative estimate of drug-likeness (QED) is 0.765. The topological polar surface area (TPSA) is 40.4 Å². The Hall–Kier alpha value is -2.29. The van der Waals surface area contributed by atoms with Crippen molar-refractivity contribution in [2.24, 2.45) is 0 Å². The lowest BCUT2D eigenvalue weighted by atomic mass is 10.1. The van der Waals surface area contributed by atoms with Gasteiger partial charge in [0.25, 0.3) is 0 Å². The molecule has 18 heavy (non-hydrogen) atoms. The summed E-state index contributed by atoms with van der Waals surface area (Å²) < 4.78 is 4.64. The second-order valence-corrected chi connectivity index (χ2v) is 4.18. The molecule has 0 saturated carbocycles. The minimum absolute atomic E-state index is 0.246. The van der Waals surface area contributed by atoms with Crippen molar-refractivity contribution in [3.63, 3.8) is 0 Å². The maximum atomic E-state index is 11.4. The monoisotopic (exact) mass is 238 g/mol. The van der Waals surface area contributed by atoms with Gasteiger partial charge in [-0.1, -0.05) is 48.5 Å². The fraction of sp³-hybridized carbons (Fsp3) is 0.133. The van der Waals surface area contributed by atoms with E-state index in [1.165, 1.54) is 7.11 Å². The minimum atomic E-state index is -0.536. The summed E-state index contributed by atoms with van der Waals surface area (Å²) in [6, 6.07) is 15.8. The third-order valence-electron chi connectivity index (χ3n) is 3.21. The second-order valence-electron chi connectivity index (χ2n) is 4.18. The molecule has 0 spiro atoms. The number of rotatable bonds is 1. The summed E-state index contributed by atoms with van der Waals surface area (Å²) in [6.07, 6.45) is -0.536. The summed E-state index contributed by atoms with van der Waals surface area (Å²) in [4.78, 5) is 11.4. The van der Waals surface area contributed by atoms with Gasteiger partial charge in [-0.3, -0.25) is 0 Å². The van der Waals surface area contributed by atoms with Crippen molar-refractivity contribution in [2.75, 3.05) is 7.11 Å². The smallest absolute Gasteiger partial charge is 0.429 e. The molecule has 1 radical (unpaired) electrons. The van der Waals surface area contributed by atoms with Crippen LogP contribution >= 0.6 is 0 Å². The van der Waals surface area contributed by atoms with Gasteiger partial charge in [0.05, 0.1) is 7.11 Å². The number of hydrogen-bond acceptors (Lipinski definition) is 2. The average Bonchev–Trinajstić information content (AvgIpc) is 2.74. The second kappa shape index (κ2) is 4.18. The molecule has 1 aliphatic rings. The summed E-state index contributed by atoms with van der Waals surface area (Å²) in [7, 11) is 1.35. The molecule has 0 fully saturated rings. The van der Waals surface area contributed by atoms with Crippen molar-refractivity contribution in [2.45, 2.75) is 6.04 Å². The first-order valence-electron chi connectivity index (χ1n) is 5.78. The van der Waals surface area contributed by atoms with Crippen LogP contribution in [0.15, 0.2) is 48.5 Å². The molecule has 3 rings (SSSR count). The van der Waals surface area contributed by atoms with Crippen LogP contribution in [0.5, 0.6) is 0 Å². The van der Waals surface area contributed by atoms with Crippen molar-refractivity contribution in [3.05, 3.63) is 59.7 Å². The van der Waals surface area contributed by atoms with E-state index in [0.717, 1.165) is 22.3 Å². The highest BCUT2D eigenvalue weighted by molar-refractivity contribution is 5.80. The molecule has 89 valence electrons. The van der Waals surface area contributed by atoms with Gasteiger partial charge in [-0.25, -0.2) is 10.1 Å². The first-order valence-corrected chi connectivity index (χ1v) is 5.78. The van der Waals surface area contributed by atoms with E-state index in [4.69, 9.17) is 0 Å². The number of benzene rings is 2. The number of amides is 1. The summed E-state index contributed by atoms with van der Waals surface area (Å²) in [5.41, 5.74) is 4.41. The van der Waals surface area contributed by atoms with E-state index in [2.05, 4.69) is 22.2 Å². The van der Waals surface area contributed by atoms with Crippen molar-refractivity contribution in [1.29, 1.82) is 0 Å². The number of carbonyl (C=O) groups excluding carboxylic acids is 1. The van der Waals surface area contributed by atoms with Crippen LogP contribution in [-0.2, 0) is 4.74 Å².